The predicted molar refractivity (Wildman–Crippen MR) is 105 cm³/mol. The summed E-state index contributed by atoms with van der Waals surface area (Å²) in [7, 11) is 0. The lowest BCUT2D eigenvalue weighted by atomic mass is 10.0. The molecule has 26 heavy (non-hydrogen) atoms. The summed E-state index contributed by atoms with van der Waals surface area (Å²) >= 11 is 0. The number of carbonyl (C=O) groups is 1. The zero-order valence-corrected chi connectivity index (χ0v) is 15.9. The van der Waals surface area contributed by atoms with Gasteiger partial charge in [-0.3, -0.25) is 4.79 Å². The van der Waals surface area contributed by atoms with Gasteiger partial charge < -0.3 is 10.1 Å². The molecule has 0 saturated carbocycles. The van der Waals surface area contributed by atoms with E-state index >= 15 is 0 Å². The van der Waals surface area contributed by atoms with E-state index in [-0.39, 0.29) is 11.7 Å². The second-order valence-electron chi connectivity index (χ2n) is 6.63. The molecule has 0 bridgehead atoms. The average Bonchev–Trinajstić information content (AvgIpc) is 2.56. The van der Waals surface area contributed by atoms with Crippen LogP contribution in [0.3, 0.4) is 0 Å². The molecule has 0 fully saturated rings. The van der Waals surface area contributed by atoms with Crippen LogP contribution in [0.15, 0.2) is 42.0 Å². The van der Waals surface area contributed by atoms with E-state index in [1.807, 2.05) is 77.1 Å². The molecule has 0 aliphatic carbocycles. The highest BCUT2D eigenvalue weighted by Gasteiger charge is 2.13. The number of carbonyl (C=O) groups excluding carboxylic acids is 1. The number of rotatable bonds is 5. The van der Waals surface area contributed by atoms with Gasteiger partial charge in [0, 0.05) is 5.69 Å². The molecule has 2 aromatic carbocycles. The molecule has 0 heterocycles. The Morgan fingerprint density at radius 3 is 2.19 bits per heavy atom. The number of nitrogens with one attached hydrogen (secondary N) is 1. The van der Waals surface area contributed by atoms with Crippen molar-refractivity contribution in [1.82, 2.24) is 0 Å². The van der Waals surface area contributed by atoms with Crippen LogP contribution < -0.4 is 10.1 Å². The Labute approximate surface area is 155 Å². The van der Waals surface area contributed by atoms with Crippen molar-refractivity contribution in [2.24, 2.45) is 0 Å². The van der Waals surface area contributed by atoms with Crippen molar-refractivity contribution in [2.75, 3.05) is 5.32 Å². The Morgan fingerprint density at radius 2 is 1.69 bits per heavy atom. The summed E-state index contributed by atoms with van der Waals surface area (Å²) in [5, 5.41) is 12.2. The first-order valence-corrected chi connectivity index (χ1v) is 8.58. The number of ether oxygens (including phenoxy) is 1. The van der Waals surface area contributed by atoms with Gasteiger partial charge in [-0.1, -0.05) is 29.8 Å². The number of nitriles is 1. The molecule has 1 amide bonds. The maximum atomic E-state index is 12.5. The average molecular weight is 348 g/mol. The number of amides is 1. The highest BCUT2D eigenvalue weighted by molar-refractivity contribution is 6.10. The molecule has 1 N–H and O–H groups in total. The van der Waals surface area contributed by atoms with Crippen LogP contribution in [0.5, 0.6) is 5.75 Å². The van der Waals surface area contributed by atoms with E-state index in [1.54, 1.807) is 6.08 Å². The number of benzene rings is 2. The second-order valence-corrected chi connectivity index (χ2v) is 6.63. The molecule has 4 nitrogen and oxygen atoms in total. The van der Waals surface area contributed by atoms with Gasteiger partial charge in [-0.25, -0.2) is 0 Å². The maximum absolute atomic E-state index is 12.5. The van der Waals surface area contributed by atoms with E-state index < -0.39 is 5.91 Å². The van der Waals surface area contributed by atoms with Crippen molar-refractivity contribution in [2.45, 2.75) is 40.7 Å². The van der Waals surface area contributed by atoms with Gasteiger partial charge in [0.05, 0.1) is 6.10 Å². The lowest BCUT2D eigenvalue weighted by molar-refractivity contribution is -0.112. The summed E-state index contributed by atoms with van der Waals surface area (Å²) < 4.78 is 5.60. The van der Waals surface area contributed by atoms with E-state index in [1.165, 1.54) is 0 Å². The van der Waals surface area contributed by atoms with E-state index in [0.29, 0.717) is 0 Å². The number of hydrogen-bond donors (Lipinski definition) is 1. The highest BCUT2D eigenvalue weighted by atomic mass is 16.5. The summed E-state index contributed by atoms with van der Waals surface area (Å²) in [5.41, 5.74) is 4.67. The van der Waals surface area contributed by atoms with Gasteiger partial charge in [0.2, 0.25) is 0 Å². The van der Waals surface area contributed by atoms with E-state index in [9.17, 15) is 10.1 Å². The molecular weight excluding hydrogens is 324 g/mol. The van der Waals surface area contributed by atoms with Gasteiger partial charge in [-0.05, 0) is 69.5 Å². The van der Waals surface area contributed by atoms with Crippen LogP contribution in [-0.2, 0) is 4.79 Å². The molecule has 4 heteroatoms. The maximum Gasteiger partial charge on any atom is 0.266 e. The topological polar surface area (TPSA) is 62.1 Å². The molecule has 0 aromatic heterocycles. The first-order valence-electron chi connectivity index (χ1n) is 8.58. The highest BCUT2D eigenvalue weighted by Crippen LogP contribution is 2.23. The fourth-order valence-electron chi connectivity index (χ4n) is 2.79. The molecule has 0 atom stereocenters. The lowest BCUT2D eigenvalue weighted by Crippen LogP contribution is -2.15. The number of nitrogens with zero attached hydrogens (tertiary/aromatic N) is 1. The van der Waals surface area contributed by atoms with Crippen LogP contribution in [0.1, 0.15) is 36.1 Å². The molecule has 0 aliphatic heterocycles. The molecule has 0 unspecified atom stereocenters. The summed E-state index contributed by atoms with van der Waals surface area (Å²) in [6, 6.07) is 13.3. The summed E-state index contributed by atoms with van der Waals surface area (Å²) in [4.78, 5) is 12.5. The minimum atomic E-state index is -0.412. The molecule has 0 radical (unpaired) electrons. The zero-order chi connectivity index (χ0) is 19.3. The summed E-state index contributed by atoms with van der Waals surface area (Å²) in [6.07, 6.45) is 1.67. The minimum Gasteiger partial charge on any atom is -0.491 e. The molecule has 2 rings (SSSR count). The number of anilines is 1. The van der Waals surface area contributed by atoms with Crippen LogP contribution in [0, 0.1) is 32.1 Å². The zero-order valence-electron chi connectivity index (χ0n) is 15.9. The second kappa shape index (κ2) is 8.35. The fourth-order valence-corrected chi connectivity index (χ4v) is 2.79. The summed E-state index contributed by atoms with van der Waals surface area (Å²) in [5.74, 6) is 0.344. The normalized spacial score (nSPS) is 11.2. The molecule has 134 valence electrons. The predicted octanol–water partition coefficient (Wildman–Crippen LogP) is 4.94. The van der Waals surface area contributed by atoms with Crippen molar-refractivity contribution in [3.8, 4) is 11.8 Å². The van der Waals surface area contributed by atoms with Crippen LogP contribution in [0.2, 0.25) is 0 Å². The van der Waals surface area contributed by atoms with Gasteiger partial charge in [0.15, 0.2) is 0 Å². The lowest BCUT2D eigenvalue weighted by Gasteiger charge is -2.12. The van der Waals surface area contributed by atoms with E-state index in [4.69, 9.17) is 4.74 Å². The molecule has 0 saturated heterocycles. The van der Waals surface area contributed by atoms with Crippen molar-refractivity contribution in [1.29, 1.82) is 5.26 Å². The van der Waals surface area contributed by atoms with Crippen LogP contribution in [-0.4, -0.2) is 12.0 Å². The van der Waals surface area contributed by atoms with Crippen LogP contribution >= 0.6 is 0 Å². The van der Waals surface area contributed by atoms with Crippen molar-refractivity contribution < 1.29 is 9.53 Å². The van der Waals surface area contributed by atoms with Crippen LogP contribution in [0.4, 0.5) is 5.69 Å². The third-order valence-corrected chi connectivity index (χ3v) is 3.84. The Bertz CT molecular complexity index is 849. The van der Waals surface area contributed by atoms with Crippen molar-refractivity contribution >= 4 is 17.7 Å². The standard InChI is InChI=1S/C22H24N2O2/c1-14(2)26-20-8-6-18(7-9-20)12-19(13-23)22(25)24-21-16(4)10-15(3)11-17(21)5/h6-12,14H,1-5H3,(H,24,25)/b19-12+. The third kappa shape index (κ3) is 4.97. The Hall–Kier alpha value is -3.06. The van der Waals surface area contributed by atoms with Gasteiger partial charge in [-0.2, -0.15) is 5.26 Å². The first kappa shape index (κ1) is 19.3. The molecule has 2 aromatic rings. The van der Waals surface area contributed by atoms with E-state index in [2.05, 4.69) is 5.32 Å². The number of aryl methyl sites for hydroxylation is 3. The molecular formula is C22H24N2O2. The van der Waals surface area contributed by atoms with Gasteiger partial charge >= 0.3 is 0 Å². The SMILES string of the molecule is Cc1cc(C)c(NC(=O)/C(C#N)=C/c2ccc(OC(C)C)cc2)c(C)c1. The smallest absolute Gasteiger partial charge is 0.266 e. The fraction of sp³-hybridized carbons (Fsp3) is 0.273. The van der Waals surface area contributed by atoms with Gasteiger partial charge in [-0.15, -0.1) is 0 Å². The van der Waals surface area contributed by atoms with Crippen LogP contribution in [0.25, 0.3) is 6.08 Å². The van der Waals surface area contributed by atoms with Crippen molar-refractivity contribution in [3.63, 3.8) is 0 Å². The molecule has 0 aliphatic rings. The van der Waals surface area contributed by atoms with Gasteiger partial charge in [0.1, 0.15) is 17.4 Å². The first-order chi connectivity index (χ1) is 12.3. The Balaban J connectivity index is 2.21. The van der Waals surface area contributed by atoms with Gasteiger partial charge in [0.25, 0.3) is 5.91 Å². The largest absolute Gasteiger partial charge is 0.491 e. The Morgan fingerprint density at radius 1 is 1.12 bits per heavy atom. The summed E-state index contributed by atoms with van der Waals surface area (Å²) in [6.45, 7) is 9.82. The quantitative estimate of drug-likeness (QED) is 0.614. The minimum absolute atomic E-state index is 0.0573. The monoisotopic (exact) mass is 348 g/mol. The third-order valence-electron chi connectivity index (χ3n) is 3.84. The van der Waals surface area contributed by atoms with Crippen molar-refractivity contribution in [3.05, 3.63) is 64.2 Å². The molecule has 0 spiro atoms. The number of hydrogen-bond acceptors (Lipinski definition) is 3. The Kier molecular flexibility index (Phi) is 6.19. The van der Waals surface area contributed by atoms with E-state index in [0.717, 1.165) is 33.7 Å².